The van der Waals surface area contributed by atoms with Crippen LogP contribution < -0.4 is 10.9 Å². The molecule has 1 unspecified atom stereocenters. The minimum Gasteiger partial charge on any atom is -0.444 e. The number of rotatable bonds is 6. The zero-order valence-corrected chi connectivity index (χ0v) is 22.6. The molecule has 1 amide bonds. The maximum atomic E-state index is 14.9. The first-order valence-corrected chi connectivity index (χ1v) is 12.6. The molecule has 1 saturated heterocycles. The molecule has 1 aromatic carbocycles. The van der Waals surface area contributed by atoms with Gasteiger partial charge in [-0.1, -0.05) is 24.3 Å². The summed E-state index contributed by atoms with van der Waals surface area (Å²) in [5, 5.41) is 3.55. The number of halogens is 3. The lowest BCUT2D eigenvalue weighted by Crippen LogP contribution is -2.42. The van der Waals surface area contributed by atoms with Gasteiger partial charge in [-0.05, 0) is 41.0 Å². The Hall–Kier alpha value is -3.89. The fourth-order valence-corrected chi connectivity index (χ4v) is 4.76. The van der Waals surface area contributed by atoms with Gasteiger partial charge in [0.2, 0.25) is 0 Å². The molecule has 8 nitrogen and oxygen atoms in total. The molecule has 3 aromatic rings. The van der Waals surface area contributed by atoms with Crippen molar-refractivity contribution in [1.29, 1.82) is 0 Å². The van der Waals surface area contributed by atoms with Gasteiger partial charge >= 0.3 is 6.09 Å². The van der Waals surface area contributed by atoms with Crippen LogP contribution in [0.2, 0.25) is 0 Å². The molecule has 39 heavy (non-hydrogen) atoms. The van der Waals surface area contributed by atoms with Crippen LogP contribution in [0, 0.1) is 12.7 Å². The number of hydrogen-bond donors (Lipinski definition) is 1. The summed E-state index contributed by atoms with van der Waals surface area (Å²) in [6.45, 7) is 13.3. The van der Waals surface area contributed by atoms with E-state index in [1.165, 1.54) is 24.3 Å². The Labute approximate surface area is 224 Å². The summed E-state index contributed by atoms with van der Waals surface area (Å²) in [6.07, 6.45) is 0.0879. The number of ether oxygens (including phenoxy) is 1. The van der Waals surface area contributed by atoms with Crippen LogP contribution in [0.5, 0.6) is 0 Å². The number of carbonyl (C=O) groups is 1. The van der Waals surface area contributed by atoms with Crippen molar-refractivity contribution in [3.63, 3.8) is 0 Å². The largest absolute Gasteiger partial charge is 0.444 e. The number of likely N-dealkylation sites (tertiary alicyclic amines) is 1. The third-order valence-electron chi connectivity index (χ3n) is 6.68. The number of fused-ring (bicyclic) bond motifs is 1. The number of aryl methyl sites for hydroxylation is 1. The van der Waals surface area contributed by atoms with Crippen molar-refractivity contribution < 1.29 is 22.7 Å². The molecular formula is C28H32F3N5O3. The fraction of sp³-hybridized carbons (Fsp3) is 0.429. The summed E-state index contributed by atoms with van der Waals surface area (Å²) in [7, 11) is 0. The molecule has 2 atom stereocenters. The van der Waals surface area contributed by atoms with E-state index in [2.05, 4.69) is 21.9 Å². The molecule has 1 N–H and O–H groups in total. The Kier molecular flexibility index (Phi) is 7.46. The van der Waals surface area contributed by atoms with E-state index in [-0.39, 0.29) is 23.5 Å². The van der Waals surface area contributed by atoms with Gasteiger partial charge in [-0.2, -0.15) is 0 Å². The van der Waals surface area contributed by atoms with Crippen LogP contribution in [0.15, 0.2) is 47.9 Å². The zero-order valence-electron chi connectivity index (χ0n) is 22.6. The number of nitrogens with zero attached hydrogens (tertiary/aromatic N) is 4. The standard InChI is InChI=1S/C28H32F3N5O3/c1-7-20(17-9-8-10-18(23(17)29)24(30)31)34-25-19-14-36(22(37)13-21(19)32-16(2)33-25)28(6)11-12-35(15-28)26(38)39-27(3,4)5/h7-10,13-14,20,24H,1,11-12,15H2,2-6H3,(H,32,33,34)/t20-,28?/m1/s1. The maximum Gasteiger partial charge on any atom is 0.410 e. The molecule has 1 fully saturated rings. The number of benzene rings is 1. The van der Waals surface area contributed by atoms with E-state index in [9.17, 15) is 22.8 Å². The topological polar surface area (TPSA) is 89.4 Å². The zero-order chi connectivity index (χ0) is 28.7. The number of hydrogen-bond acceptors (Lipinski definition) is 6. The van der Waals surface area contributed by atoms with Crippen LogP contribution in [0.1, 0.15) is 63.5 Å². The van der Waals surface area contributed by atoms with E-state index in [1.807, 2.05) is 6.92 Å². The first-order valence-electron chi connectivity index (χ1n) is 12.6. The average Bonchev–Trinajstić information content (AvgIpc) is 3.24. The van der Waals surface area contributed by atoms with Gasteiger partial charge < -0.3 is 19.5 Å². The van der Waals surface area contributed by atoms with E-state index in [1.54, 1.807) is 43.4 Å². The second-order valence-corrected chi connectivity index (χ2v) is 11.0. The highest BCUT2D eigenvalue weighted by atomic mass is 19.3. The third-order valence-corrected chi connectivity index (χ3v) is 6.68. The predicted octanol–water partition coefficient (Wildman–Crippen LogP) is 5.87. The summed E-state index contributed by atoms with van der Waals surface area (Å²) in [5.74, 6) is -0.392. The molecule has 0 bridgehead atoms. The van der Waals surface area contributed by atoms with Crippen molar-refractivity contribution in [3.8, 4) is 0 Å². The first kappa shape index (κ1) is 28.1. The summed E-state index contributed by atoms with van der Waals surface area (Å²) in [4.78, 5) is 36.3. The lowest BCUT2D eigenvalue weighted by atomic mass is 10.0. The minimum atomic E-state index is -2.97. The van der Waals surface area contributed by atoms with Crippen LogP contribution in [-0.4, -0.2) is 44.2 Å². The second kappa shape index (κ2) is 10.3. The van der Waals surface area contributed by atoms with E-state index >= 15 is 0 Å². The van der Waals surface area contributed by atoms with Gasteiger partial charge in [-0.25, -0.2) is 27.9 Å². The third kappa shape index (κ3) is 5.76. The van der Waals surface area contributed by atoms with Crippen molar-refractivity contribution >= 4 is 22.8 Å². The molecule has 0 radical (unpaired) electrons. The number of aromatic nitrogens is 3. The van der Waals surface area contributed by atoms with Crippen molar-refractivity contribution in [3.05, 3.63) is 76.2 Å². The smallest absolute Gasteiger partial charge is 0.410 e. The molecule has 0 aliphatic carbocycles. The quantitative estimate of drug-likeness (QED) is 0.391. The predicted molar refractivity (Wildman–Crippen MR) is 143 cm³/mol. The minimum absolute atomic E-state index is 0.0173. The van der Waals surface area contributed by atoms with E-state index in [0.29, 0.717) is 29.7 Å². The Balaban J connectivity index is 1.73. The van der Waals surface area contributed by atoms with Gasteiger partial charge in [0.1, 0.15) is 23.1 Å². The molecule has 208 valence electrons. The second-order valence-electron chi connectivity index (χ2n) is 11.0. The maximum absolute atomic E-state index is 14.9. The van der Waals surface area contributed by atoms with Crippen molar-refractivity contribution in [2.45, 2.75) is 64.6 Å². The Morgan fingerprint density at radius 3 is 2.59 bits per heavy atom. The Bertz CT molecular complexity index is 1480. The van der Waals surface area contributed by atoms with Gasteiger partial charge in [-0.3, -0.25) is 4.79 Å². The molecule has 0 saturated carbocycles. The highest BCUT2D eigenvalue weighted by Crippen LogP contribution is 2.33. The highest BCUT2D eigenvalue weighted by Gasteiger charge is 2.40. The number of alkyl halides is 2. The van der Waals surface area contributed by atoms with Crippen LogP contribution in [-0.2, 0) is 10.3 Å². The van der Waals surface area contributed by atoms with Crippen molar-refractivity contribution in [2.24, 2.45) is 0 Å². The molecule has 2 aromatic heterocycles. The first-order chi connectivity index (χ1) is 18.2. The van der Waals surface area contributed by atoms with Gasteiger partial charge in [-0.15, -0.1) is 6.58 Å². The Morgan fingerprint density at radius 2 is 1.95 bits per heavy atom. The van der Waals surface area contributed by atoms with Gasteiger partial charge in [0.15, 0.2) is 0 Å². The molecule has 0 spiro atoms. The highest BCUT2D eigenvalue weighted by molar-refractivity contribution is 5.88. The van der Waals surface area contributed by atoms with Crippen molar-refractivity contribution in [2.75, 3.05) is 18.4 Å². The van der Waals surface area contributed by atoms with Crippen LogP contribution in [0.4, 0.5) is 23.8 Å². The number of carbonyl (C=O) groups excluding carboxylic acids is 1. The van der Waals surface area contributed by atoms with Crippen molar-refractivity contribution in [1.82, 2.24) is 19.4 Å². The lowest BCUT2D eigenvalue weighted by Gasteiger charge is -2.29. The molecule has 1 aliphatic rings. The van der Waals surface area contributed by atoms with E-state index in [0.717, 1.165) is 6.07 Å². The normalized spacial score (nSPS) is 18.4. The van der Waals surface area contributed by atoms with Gasteiger partial charge in [0.25, 0.3) is 12.0 Å². The Morgan fingerprint density at radius 1 is 1.26 bits per heavy atom. The summed E-state index contributed by atoms with van der Waals surface area (Å²) < 4.78 is 48.6. The van der Waals surface area contributed by atoms with E-state index in [4.69, 9.17) is 4.74 Å². The molecule has 3 heterocycles. The summed E-state index contributed by atoms with van der Waals surface area (Å²) >= 11 is 0. The van der Waals surface area contributed by atoms with Crippen LogP contribution in [0.25, 0.3) is 10.9 Å². The SMILES string of the molecule is C=C[C@@H](Nc1nc(C)nc2cc(=O)n(C3(C)CCN(C(=O)OC(C)(C)C)C3)cc12)c1cccc(C(F)F)c1F. The number of anilines is 1. The molecule has 11 heteroatoms. The molecule has 4 rings (SSSR count). The van der Waals surface area contributed by atoms with Crippen LogP contribution >= 0.6 is 0 Å². The number of amides is 1. The van der Waals surface area contributed by atoms with Crippen LogP contribution in [0.3, 0.4) is 0 Å². The molecular weight excluding hydrogens is 511 g/mol. The molecule has 1 aliphatic heterocycles. The number of pyridine rings is 1. The van der Waals surface area contributed by atoms with E-state index < -0.39 is 41.1 Å². The summed E-state index contributed by atoms with van der Waals surface area (Å²) in [6, 6.07) is 4.28. The lowest BCUT2D eigenvalue weighted by molar-refractivity contribution is 0.0277. The van der Waals surface area contributed by atoms with Gasteiger partial charge in [0.05, 0.1) is 28.0 Å². The average molecular weight is 544 g/mol. The number of nitrogens with one attached hydrogen (secondary N) is 1. The van der Waals surface area contributed by atoms with Gasteiger partial charge in [0, 0.05) is 30.9 Å². The summed E-state index contributed by atoms with van der Waals surface area (Å²) in [5.41, 5.74) is -2.06. The fourth-order valence-electron chi connectivity index (χ4n) is 4.76. The monoisotopic (exact) mass is 543 g/mol.